The fraction of sp³-hybridized carbons (Fsp3) is 0.455. The van der Waals surface area contributed by atoms with Crippen molar-refractivity contribution in [2.24, 2.45) is 5.73 Å². The SMILES string of the molecule is CC(C)(N)CCC(=O)Nc1ccncc1Br. The molecule has 0 saturated heterocycles. The van der Waals surface area contributed by atoms with Gasteiger partial charge < -0.3 is 11.1 Å². The standard InChI is InChI=1S/C11H16BrN3O/c1-11(2,13)5-3-10(16)15-9-4-6-14-7-8(9)12/h4,6-7H,3,5,13H2,1-2H3,(H,14,15,16). The first-order valence-electron chi connectivity index (χ1n) is 5.07. The van der Waals surface area contributed by atoms with Crippen molar-refractivity contribution in [3.8, 4) is 0 Å². The Balaban J connectivity index is 2.50. The minimum atomic E-state index is -0.313. The zero-order valence-corrected chi connectivity index (χ0v) is 11.0. The van der Waals surface area contributed by atoms with Crippen LogP contribution in [0.1, 0.15) is 26.7 Å². The maximum Gasteiger partial charge on any atom is 0.224 e. The third-order valence-electron chi connectivity index (χ3n) is 2.04. The second-order valence-electron chi connectivity index (χ2n) is 4.39. The summed E-state index contributed by atoms with van der Waals surface area (Å²) in [5.74, 6) is -0.0366. The quantitative estimate of drug-likeness (QED) is 0.892. The molecular weight excluding hydrogens is 270 g/mol. The molecule has 88 valence electrons. The van der Waals surface area contributed by atoms with Gasteiger partial charge in [-0.05, 0) is 42.3 Å². The van der Waals surface area contributed by atoms with Crippen LogP contribution in [0, 0.1) is 0 Å². The van der Waals surface area contributed by atoms with Crippen LogP contribution in [-0.4, -0.2) is 16.4 Å². The number of aromatic nitrogens is 1. The predicted molar refractivity (Wildman–Crippen MR) is 68.1 cm³/mol. The Hall–Kier alpha value is -0.940. The molecule has 3 N–H and O–H groups in total. The molecule has 0 fully saturated rings. The zero-order chi connectivity index (χ0) is 12.2. The Bertz CT molecular complexity index is 374. The van der Waals surface area contributed by atoms with Crippen LogP contribution in [0.4, 0.5) is 5.69 Å². The lowest BCUT2D eigenvalue weighted by Crippen LogP contribution is -2.33. The number of nitrogens with two attached hydrogens (primary N) is 1. The fourth-order valence-electron chi connectivity index (χ4n) is 1.12. The Morgan fingerprint density at radius 1 is 1.62 bits per heavy atom. The van der Waals surface area contributed by atoms with Gasteiger partial charge in [-0.15, -0.1) is 0 Å². The Morgan fingerprint density at radius 3 is 2.88 bits per heavy atom. The molecule has 0 atom stereocenters. The molecule has 16 heavy (non-hydrogen) atoms. The predicted octanol–water partition coefficient (Wildman–Crippen LogP) is 2.30. The third kappa shape index (κ3) is 4.72. The highest BCUT2D eigenvalue weighted by molar-refractivity contribution is 9.10. The summed E-state index contributed by atoms with van der Waals surface area (Å²) in [5.41, 5.74) is 6.23. The Morgan fingerprint density at radius 2 is 2.31 bits per heavy atom. The zero-order valence-electron chi connectivity index (χ0n) is 9.46. The van der Waals surface area contributed by atoms with Crippen LogP contribution >= 0.6 is 15.9 Å². The molecule has 1 rings (SSSR count). The normalized spacial score (nSPS) is 11.2. The maximum atomic E-state index is 11.6. The first-order valence-corrected chi connectivity index (χ1v) is 5.86. The van der Waals surface area contributed by atoms with Gasteiger partial charge in [0, 0.05) is 24.4 Å². The number of amides is 1. The smallest absolute Gasteiger partial charge is 0.224 e. The minimum Gasteiger partial charge on any atom is -0.326 e. The largest absolute Gasteiger partial charge is 0.326 e. The first-order chi connectivity index (χ1) is 7.38. The van der Waals surface area contributed by atoms with E-state index in [1.807, 2.05) is 13.8 Å². The second-order valence-corrected chi connectivity index (χ2v) is 5.25. The number of carbonyl (C=O) groups excluding carboxylic acids is 1. The second kappa shape index (κ2) is 5.41. The van der Waals surface area contributed by atoms with Gasteiger partial charge in [-0.25, -0.2) is 0 Å². The van der Waals surface area contributed by atoms with E-state index in [2.05, 4.69) is 26.2 Å². The third-order valence-corrected chi connectivity index (χ3v) is 2.67. The first kappa shape index (κ1) is 13.1. The van der Waals surface area contributed by atoms with Crippen molar-refractivity contribution in [3.63, 3.8) is 0 Å². The van der Waals surface area contributed by atoms with Crippen molar-refractivity contribution in [1.29, 1.82) is 0 Å². The highest BCUT2D eigenvalue weighted by atomic mass is 79.9. The van der Waals surface area contributed by atoms with E-state index in [1.54, 1.807) is 18.5 Å². The summed E-state index contributed by atoms with van der Waals surface area (Å²) < 4.78 is 0.773. The molecule has 0 bridgehead atoms. The van der Waals surface area contributed by atoms with Gasteiger partial charge in [0.25, 0.3) is 0 Å². The Kier molecular flexibility index (Phi) is 4.44. The van der Waals surface area contributed by atoms with Crippen LogP contribution in [0.5, 0.6) is 0 Å². The van der Waals surface area contributed by atoms with E-state index < -0.39 is 0 Å². The van der Waals surface area contributed by atoms with Crippen LogP contribution in [-0.2, 0) is 4.79 Å². The summed E-state index contributed by atoms with van der Waals surface area (Å²) in [7, 11) is 0. The molecule has 0 aliphatic heterocycles. The van der Waals surface area contributed by atoms with E-state index in [-0.39, 0.29) is 11.4 Å². The van der Waals surface area contributed by atoms with Crippen LogP contribution in [0.25, 0.3) is 0 Å². The van der Waals surface area contributed by atoms with Gasteiger partial charge in [0.2, 0.25) is 5.91 Å². The van der Waals surface area contributed by atoms with Crippen molar-refractivity contribution >= 4 is 27.5 Å². The van der Waals surface area contributed by atoms with Crippen LogP contribution in [0.3, 0.4) is 0 Å². The molecule has 0 radical (unpaired) electrons. The van der Waals surface area contributed by atoms with Crippen LogP contribution in [0.15, 0.2) is 22.9 Å². The maximum absolute atomic E-state index is 11.6. The summed E-state index contributed by atoms with van der Waals surface area (Å²) in [4.78, 5) is 15.5. The van der Waals surface area contributed by atoms with Gasteiger partial charge in [-0.1, -0.05) is 0 Å². The average Bonchev–Trinajstić information content (AvgIpc) is 2.18. The van der Waals surface area contributed by atoms with Crippen molar-refractivity contribution in [1.82, 2.24) is 4.98 Å². The summed E-state index contributed by atoms with van der Waals surface area (Å²) >= 11 is 3.31. The molecule has 0 aromatic carbocycles. The molecule has 1 heterocycles. The summed E-state index contributed by atoms with van der Waals surface area (Å²) in [5, 5.41) is 2.80. The van der Waals surface area contributed by atoms with Gasteiger partial charge in [0.15, 0.2) is 0 Å². The van der Waals surface area contributed by atoms with E-state index >= 15 is 0 Å². The lowest BCUT2D eigenvalue weighted by Gasteiger charge is -2.17. The van der Waals surface area contributed by atoms with Gasteiger partial charge in [0.05, 0.1) is 10.2 Å². The lowest BCUT2D eigenvalue weighted by atomic mass is 10.00. The number of carbonyl (C=O) groups is 1. The molecule has 0 aliphatic rings. The van der Waals surface area contributed by atoms with Crippen molar-refractivity contribution in [2.45, 2.75) is 32.2 Å². The Labute approximate surface area is 104 Å². The summed E-state index contributed by atoms with van der Waals surface area (Å²) in [6, 6.07) is 1.75. The van der Waals surface area contributed by atoms with E-state index in [1.165, 1.54) is 0 Å². The number of halogens is 1. The molecule has 5 heteroatoms. The molecule has 0 aliphatic carbocycles. The van der Waals surface area contributed by atoms with Gasteiger partial charge in [-0.2, -0.15) is 0 Å². The van der Waals surface area contributed by atoms with Crippen molar-refractivity contribution in [2.75, 3.05) is 5.32 Å². The van der Waals surface area contributed by atoms with Crippen molar-refractivity contribution < 1.29 is 4.79 Å². The van der Waals surface area contributed by atoms with Gasteiger partial charge in [0.1, 0.15) is 0 Å². The monoisotopic (exact) mass is 285 g/mol. The molecule has 0 unspecified atom stereocenters. The van der Waals surface area contributed by atoms with E-state index in [0.29, 0.717) is 12.8 Å². The molecular formula is C11H16BrN3O. The number of pyridine rings is 1. The summed E-state index contributed by atoms with van der Waals surface area (Å²) in [6.07, 6.45) is 4.34. The molecule has 4 nitrogen and oxygen atoms in total. The highest BCUT2D eigenvalue weighted by Crippen LogP contribution is 2.20. The number of anilines is 1. The fourth-order valence-corrected chi connectivity index (χ4v) is 1.47. The molecule has 0 saturated carbocycles. The number of nitrogens with one attached hydrogen (secondary N) is 1. The average molecular weight is 286 g/mol. The highest BCUT2D eigenvalue weighted by Gasteiger charge is 2.13. The van der Waals surface area contributed by atoms with Crippen LogP contribution in [0.2, 0.25) is 0 Å². The van der Waals surface area contributed by atoms with Crippen LogP contribution < -0.4 is 11.1 Å². The van der Waals surface area contributed by atoms with Gasteiger partial charge in [-0.3, -0.25) is 9.78 Å². The van der Waals surface area contributed by atoms with Gasteiger partial charge >= 0.3 is 0 Å². The topological polar surface area (TPSA) is 68.0 Å². The van der Waals surface area contributed by atoms with E-state index in [9.17, 15) is 4.79 Å². The summed E-state index contributed by atoms with van der Waals surface area (Å²) in [6.45, 7) is 3.81. The number of rotatable bonds is 4. The number of nitrogens with zero attached hydrogens (tertiary/aromatic N) is 1. The molecule has 1 aromatic rings. The molecule has 1 aromatic heterocycles. The molecule has 1 amide bonds. The van der Waals surface area contributed by atoms with E-state index in [4.69, 9.17) is 5.73 Å². The molecule has 0 spiro atoms. The lowest BCUT2D eigenvalue weighted by molar-refractivity contribution is -0.116. The van der Waals surface area contributed by atoms with E-state index in [0.717, 1.165) is 10.2 Å². The number of hydrogen-bond acceptors (Lipinski definition) is 3. The van der Waals surface area contributed by atoms with Crippen molar-refractivity contribution in [3.05, 3.63) is 22.9 Å². The number of hydrogen-bond donors (Lipinski definition) is 2. The minimum absolute atomic E-state index is 0.0366.